The number of nitrogens with zero attached hydrogens (tertiary/aromatic N) is 1. The topological polar surface area (TPSA) is 81.2 Å². The van der Waals surface area contributed by atoms with Crippen molar-refractivity contribution in [1.82, 2.24) is 4.98 Å². The van der Waals surface area contributed by atoms with E-state index in [-0.39, 0.29) is 17.6 Å². The third-order valence-corrected chi connectivity index (χ3v) is 2.74. The third-order valence-electron chi connectivity index (χ3n) is 2.74. The van der Waals surface area contributed by atoms with E-state index in [2.05, 4.69) is 17.2 Å². The molecule has 1 atom stereocenters. The molecule has 2 rings (SSSR count). The van der Waals surface area contributed by atoms with E-state index in [0.717, 1.165) is 17.7 Å². The molecule has 0 saturated heterocycles. The first kappa shape index (κ1) is 13.3. The summed E-state index contributed by atoms with van der Waals surface area (Å²) in [5, 5.41) is 2.78. The van der Waals surface area contributed by atoms with Gasteiger partial charge in [-0.3, -0.25) is 4.79 Å². The summed E-state index contributed by atoms with van der Waals surface area (Å²) in [5.41, 5.74) is 7.77. The molecule has 0 saturated carbocycles. The summed E-state index contributed by atoms with van der Waals surface area (Å²) < 4.78 is 5.13. The summed E-state index contributed by atoms with van der Waals surface area (Å²) >= 11 is 0. The SMILES string of the molecule is CCc1cccc(NC(=O)c2coc(C(C)N)n2)c1. The first-order valence-corrected chi connectivity index (χ1v) is 6.21. The molecule has 1 aromatic carbocycles. The molecule has 0 bridgehead atoms. The van der Waals surface area contributed by atoms with Gasteiger partial charge in [0.1, 0.15) is 6.26 Å². The molecule has 0 aliphatic carbocycles. The maximum Gasteiger partial charge on any atom is 0.277 e. The van der Waals surface area contributed by atoms with Crippen LogP contribution in [0.3, 0.4) is 0 Å². The largest absolute Gasteiger partial charge is 0.446 e. The lowest BCUT2D eigenvalue weighted by Crippen LogP contribution is -2.13. The van der Waals surface area contributed by atoms with Crippen molar-refractivity contribution in [2.45, 2.75) is 26.3 Å². The van der Waals surface area contributed by atoms with E-state index in [4.69, 9.17) is 10.2 Å². The number of hydrogen-bond donors (Lipinski definition) is 2. The number of oxazole rings is 1. The second kappa shape index (κ2) is 5.67. The number of nitrogens with one attached hydrogen (secondary N) is 1. The van der Waals surface area contributed by atoms with Crippen molar-refractivity contribution in [2.75, 3.05) is 5.32 Å². The van der Waals surface area contributed by atoms with Gasteiger partial charge in [-0.15, -0.1) is 0 Å². The quantitative estimate of drug-likeness (QED) is 0.884. The van der Waals surface area contributed by atoms with Crippen LogP contribution in [0.25, 0.3) is 0 Å². The molecule has 1 amide bonds. The Bertz CT molecular complexity index is 576. The van der Waals surface area contributed by atoms with Gasteiger partial charge in [0, 0.05) is 5.69 Å². The molecule has 1 aromatic heterocycles. The number of benzene rings is 1. The first-order chi connectivity index (χ1) is 9.10. The molecule has 1 heterocycles. The molecule has 5 heteroatoms. The van der Waals surface area contributed by atoms with Gasteiger partial charge >= 0.3 is 0 Å². The van der Waals surface area contributed by atoms with Crippen LogP contribution in [0.4, 0.5) is 5.69 Å². The zero-order valence-electron chi connectivity index (χ0n) is 11.0. The van der Waals surface area contributed by atoms with E-state index in [1.165, 1.54) is 6.26 Å². The third kappa shape index (κ3) is 3.20. The smallest absolute Gasteiger partial charge is 0.277 e. The Kier molecular flexibility index (Phi) is 3.97. The predicted molar refractivity (Wildman–Crippen MR) is 72.9 cm³/mol. The minimum Gasteiger partial charge on any atom is -0.446 e. The summed E-state index contributed by atoms with van der Waals surface area (Å²) in [6.07, 6.45) is 2.24. The van der Waals surface area contributed by atoms with Crippen molar-refractivity contribution in [3.8, 4) is 0 Å². The lowest BCUT2D eigenvalue weighted by molar-refractivity contribution is 0.102. The maximum absolute atomic E-state index is 12.0. The molecule has 2 aromatic rings. The lowest BCUT2D eigenvalue weighted by atomic mass is 10.1. The molecule has 0 spiro atoms. The number of carbonyl (C=O) groups excluding carboxylic acids is 1. The van der Waals surface area contributed by atoms with Crippen LogP contribution >= 0.6 is 0 Å². The number of hydrogen-bond acceptors (Lipinski definition) is 4. The first-order valence-electron chi connectivity index (χ1n) is 6.21. The van der Waals surface area contributed by atoms with Crippen molar-refractivity contribution in [2.24, 2.45) is 5.73 Å². The number of aryl methyl sites for hydroxylation is 1. The van der Waals surface area contributed by atoms with Crippen molar-refractivity contribution >= 4 is 11.6 Å². The van der Waals surface area contributed by atoms with Gasteiger partial charge in [-0.25, -0.2) is 4.98 Å². The fraction of sp³-hybridized carbons (Fsp3) is 0.286. The van der Waals surface area contributed by atoms with Crippen LogP contribution in [0.15, 0.2) is 34.9 Å². The summed E-state index contributed by atoms with van der Waals surface area (Å²) in [7, 11) is 0. The Morgan fingerprint density at radius 1 is 1.53 bits per heavy atom. The Labute approximate surface area is 111 Å². The lowest BCUT2D eigenvalue weighted by Gasteiger charge is -2.04. The van der Waals surface area contributed by atoms with Crippen molar-refractivity contribution in [3.05, 3.63) is 47.7 Å². The fourth-order valence-corrected chi connectivity index (χ4v) is 1.67. The van der Waals surface area contributed by atoms with Gasteiger partial charge < -0.3 is 15.5 Å². The van der Waals surface area contributed by atoms with Crippen LogP contribution in [-0.2, 0) is 6.42 Å². The standard InChI is InChI=1S/C14H17N3O2/c1-3-10-5-4-6-11(7-10)16-13(18)12-8-19-14(17-12)9(2)15/h4-9H,3,15H2,1-2H3,(H,16,18). The molecular formula is C14H17N3O2. The van der Waals surface area contributed by atoms with Gasteiger partial charge in [-0.1, -0.05) is 19.1 Å². The van der Waals surface area contributed by atoms with Gasteiger partial charge in [0.25, 0.3) is 5.91 Å². The van der Waals surface area contributed by atoms with Crippen molar-refractivity contribution in [3.63, 3.8) is 0 Å². The van der Waals surface area contributed by atoms with Gasteiger partial charge in [0.15, 0.2) is 5.69 Å². The Morgan fingerprint density at radius 2 is 2.32 bits per heavy atom. The molecule has 1 unspecified atom stereocenters. The van der Waals surface area contributed by atoms with Crippen LogP contribution in [0.2, 0.25) is 0 Å². The molecule has 0 fully saturated rings. The van der Waals surface area contributed by atoms with Crippen LogP contribution in [0.5, 0.6) is 0 Å². The second-order valence-corrected chi connectivity index (χ2v) is 4.37. The number of carbonyl (C=O) groups is 1. The summed E-state index contributed by atoms with van der Waals surface area (Å²) in [6, 6.07) is 7.36. The van der Waals surface area contributed by atoms with Gasteiger partial charge in [-0.2, -0.15) is 0 Å². The molecule has 5 nitrogen and oxygen atoms in total. The van der Waals surface area contributed by atoms with Gasteiger partial charge in [-0.05, 0) is 31.0 Å². The van der Waals surface area contributed by atoms with E-state index < -0.39 is 0 Å². The van der Waals surface area contributed by atoms with Crippen LogP contribution in [-0.4, -0.2) is 10.9 Å². The van der Waals surface area contributed by atoms with E-state index in [1.807, 2.05) is 24.3 Å². The number of anilines is 1. The molecule has 0 radical (unpaired) electrons. The fourth-order valence-electron chi connectivity index (χ4n) is 1.67. The summed E-state index contributed by atoms with van der Waals surface area (Å²) in [4.78, 5) is 16.0. The van der Waals surface area contributed by atoms with E-state index in [9.17, 15) is 4.79 Å². The zero-order chi connectivity index (χ0) is 13.8. The van der Waals surface area contributed by atoms with Crippen LogP contribution in [0, 0.1) is 0 Å². The highest BCUT2D eigenvalue weighted by Gasteiger charge is 2.14. The van der Waals surface area contributed by atoms with E-state index in [1.54, 1.807) is 6.92 Å². The molecule has 3 N–H and O–H groups in total. The Balaban J connectivity index is 2.11. The number of amides is 1. The highest BCUT2D eigenvalue weighted by molar-refractivity contribution is 6.02. The highest BCUT2D eigenvalue weighted by atomic mass is 16.3. The summed E-state index contributed by atoms with van der Waals surface area (Å²) in [5.74, 6) is 0.0522. The number of nitrogens with two attached hydrogens (primary N) is 1. The van der Waals surface area contributed by atoms with E-state index >= 15 is 0 Å². The van der Waals surface area contributed by atoms with Crippen LogP contribution < -0.4 is 11.1 Å². The van der Waals surface area contributed by atoms with Crippen molar-refractivity contribution in [1.29, 1.82) is 0 Å². The number of rotatable bonds is 4. The van der Waals surface area contributed by atoms with Gasteiger partial charge in [0.2, 0.25) is 5.89 Å². The van der Waals surface area contributed by atoms with E-state index in [0.29, 0.717) is 5.89 Å². The second-order valence-electron chi connectivity index (χ2n) is 4.37. The minimum absolute atomic E-state index is 0.231. The molecule has 100 valence electrons. The number of aromatic nitrogens is 1. The highest BCUT2D eigenvalue weighted by Crippen LogP contribution is 2.14. The molecule has 0 aliphatic rings. The van der Waals surface area contributed by atoms with Gasteiger partial charge in [0.05, 0.1) is 6.04 Å². The average molecular weight is 259 g/mol. The van der Waals surface area contributed by atoms with Crippen LogP contribution in [0.1, 0.15) is 41.8 Å². The average Bonchev–Trinajstić information content (AvgIpc) is 2.89. The normalized spacial score (nSPS) is 12.2. The Morgan fingerprint density at radius 3 is 2.95 bits per heavy atom. The molecule has 0 aliphatic heterocycles. The Hall–Kier alpha value is -2.14. The molecular weight excluding hydrogens is 242 g/mol. The monoisotopic (exact) mass is 259 g/mol. The zero-order valence-corrected chi connectivity index (χ0v) is 11.0. The summed E-state index contributed by atoms with van der Waals surface area (Å²) in [6.45, 7) is 3.81. The molecule has 19 heavy (non-hydrogen) atoms. The minimum atomic E-state index is -0.329. The van der Waals surface area contributed by atoms with Crippen molar-refractivity contribution < 1.29 is 9.21 Å². The maximum atomic E-state index is 12.0. The predicted octanol–water partition coefficient (Wildman–Crippen LogP) is 2.51.